The number of aryl methyl sites for hydroxylation is 2. The molecule has 0 bridgehead atoms. The summed E-state index contributed by atoms with van der Waals surface area (Å²) >= 11 is 0. The summed E-state index contributed by atoms with van der Waals surface area (Å²) in [5.74, 6) is 1.61. The van der Waals surface area contributed by atoms with Crippen molar-refractivity contribution in [1.29, 1.82) is 0 Å². The van der Waals surface area contributed by atoms with Gasteiger partial charge in [-0.15, -0.1) is 0 Å². The molecule has 1 heterocycles. The van der Waals surface area contributed by atoms with Gasteiger partial charge in [0.2, 0.25) is 0 Å². The minimum atomic E-state index is 1.23. The van der Waals surface area contributed by atoms with E-state index in [9.17, 15) is 0 Å². The molecule has 206 valence electrons. The molecule has 0 saturated carbocycles. The zero-order chi connectivity index (χ0) is 25.2. The Morgan fingerprint density at radius 1 is 0.486 bits per heavy atom. The Bertz CT molecular complexity index is 547. The number of nitrogens with zero attached hydrogens (tertiary/aromatic N) is 2. The van der Waals surface area contributed by atoms with Crippen LogP contribution in [0.25, 0.3) is 0 Å². The standard InChI is InChI=1S/C33H65N2/c1-4-7-10-13-16-18-21-24-27-30-35-32-31-34(29-26-23-20-15-12-9-6-3)33(35)28-25-22-19-17-14-11-8-5-2/h31-32H,4-30H2,1-3H3/q+1. The highest BCUT2D eigenvalue weighted by Crippen LogP contribution is 2.13. The maximum absolute atomic E-state index is 2.61. The van der Waals surface area contributed by atoms with E-state index in [4.69, 9.17) is 0 Å². The second kappa shape index (κ2) is 24.9. The summed E-state index contributed by atoms with van der Waals surface area (Å²) in [7, 11) is 0. The predicted molar refractivity (Wildman–Crippen MR) is 156 cm³/mol. The molecular formula is C33H65N2+. The Morgan fingerprint density at radius 2 is 0.886 bits per heavy atom. The van der Waals surface area contributed by atoms with Crippen molar-refractivity contribution in [2.75, 3.05) is 0 Å². The molecule has 0 N–H and O–H groups in total. The van der Waals surface area contributed by atoms with Gasteiger partial charge in [0.1, 0.15) is 12.4 Å². The molecule has 0 saturated heterocycles. The van der Waals surface area contributed by atoms with E-state index in [1.807, 2.05) is 0 Å². The van der Waals surface area contributed by atoms with Crippen molar-refractivity contribution in [3.8, 4) is 0 Å². The van der Waals surface area contributed by atoms with Gasteiger partial charge in [0.15, 0.2) is 0 Å². The van der Waals surface area contributed by atoms with Gasteiger partial charge >= 0.3 is 0 Å². The van der Waals surface area contributed by atoms with Crippen molar-refractivity contribution < 1.29 is 4.57 Å². The number of imidazole rings is 1. The lowest BCUT2D eigenvalue weighted by atomic mass is 10.1. The first-order chi connectivity index (χ1) is 17.3. The lowest BCUT2D eigenvalue weighted by Gasteiger charge is -2.07. The first kappa shape index (κ1) is 32.2. The number of rotatable bonds is 27. The molecule has 0 amide bonds. The third-order valence-electron chi connectivity index (χ3n) is 7.85. The first-order valence-corrected chi connectivity index (χ1v) is 16.4. The smallest absolute Gasteiger partial charge is 0.234 e. The fourth-order valence-electron chi connectivity index (χ4n) is 5.44. The van der Waals surface area contributed by atoms with Crippen LogP contribution in [-0.4, -0.2) is 4.57 Å². The Kier molecular flexibility index (Phi) is 22.9. The van der Waals surface area contributed by atoms with Crippen LogP contribution in [0, 0.1) is 0 Å². The van der Waals surface area contributed by atoms with E-state index in [1.165, 1.54) is 174 Å². The maximum Gasteiger partial charge on any atom is 0.256 e. The second-order valence-electron chi connectivity index (χ2n) is 11.3. The topological polar surface area (TPSA) is 8.81 Å². The minimum Gasteiger partial charge on any atom is -0.234 e. The van der Waals surface area contributed by atoms with Gasteiger partial charge in [-0.3, -0.25) is 0 Å². The quantitative estimate of drug-likeness (QED) is 0.0858. The van der Waals surface area contributed by atoms with E-state index in [0.717, 1.165) is 0 Å². The van der Waals surface area contributed by atoms with E-state index in [0.29, 0.717) is 0 Å². The molecule has 1 rings (SSSR count). The molecule has 0 unspecified atom stereocenters. The lowest BCUT2D eigenvalue weighted by Crippen LogP contribution is -2.37. The van der Waals surface area contributed by atoms with Gasteiger partial charge in [0.25, 0.3) is 5.82 Å². The summed E-state index contributed by atoms with van der Waals surface area (Å²) in [6, 6.07) is 0. The lowest BCUT2D eigenvalue weighted by molar-refractivity contribution is -0.704. The normalized spacial score (nSPS) is 11.5. The van der Waals surface area contributed by atoms with E-state index in [1.54, 1.807) is 5.82 Å². The van der Waals surface area contributed by atoms with Crippen LogP contribution in [0.5, 0.6) is 0 Å². The van der Waals surface area contributed by atoms with Gasteiger partial charge in [0.05, 0.1) is 13.1 Å². The van der Waals surface area contributed by atoms with Gasteiger partial charge < -0.3 is 0 Å². The summed E-state index contributed by atoms with van der Waals surface area (Å²) in [6.07, 6.45) is 39.9. The van der Waals surface area contributed by atoms with Crippen LogP contribution >= 0.6 is 0 Å². The zero-order valence-electron chi connectivity index (χ0n) is 24.6. The molecule has 0 aliphatic heterocycles. The predicted octanol–water partition coefficient (Wildman–Crippen LogP) is 10.7. The average Bonchev–Trinajstić information content (AvgIpc) is 3.25. The van der Waals surface area contributed by atoms with Gasteiger partial charge in [-0.2, -0.15) is 0 Å². The Hall–Kier alpha value is -0.790. The van der Waals surface area contributed by atoms with Crippen molar-refractivity contribution in [2.24, 2.45) is 0 Å². The van der Waals surface area contributed by atoms with Gasteiger partial charge in [-0.25, -0.2) is 9.13 Å². The highest BCUT2D eigenvalue weighted by Gasteiger charge is 2.16. The van der Waals surface area contributed by atoms with Crippen molar-refractivity contribution in [1.82, 2.24) is 4.57 Å². The molecule has 1 aromatic heterocycles. The van der Waals surface area contributed by atoms with Crippen LogP contribution in [0.1, 0.15) is 181 Å². The summed E-state index contributed by atoms with van der Waals surface area (Å²) in [5.41, 5.74) is 0. The third-order valence-corrected chi connectivity index (χ3v) is 7.85. The fraction of sp³-hybridized carbons (Fsp3) is 0.909. The Balaban J connectivity index is 2.36. The number of hydrogen-bond acceptors (Lipinski definition) is 0. The summed E-state index contributed by atoms with van der Waals surface area (Å²) < 4.78 is 5.23. The molecule has 0 aliphatic carbocycles. The average molecular weight is 490 g/mol. The number of unbranched alkanes of at least 4 members (excludes halogenated alkanes) is 21. The molecule has 0 atom stereocenters. The second-order valence-corrected chi connectivity index (χ2v) is 11.3. The molecule has 0 aromatic carbocycles. The fourth-order valence-corrected chi connectivity index (χ4v) is 5.44. The molecule has 2 nitrogen and oxygen atoms in total. The van der Waals surface area contributed by atoms with Crippen LogP contribution in [0.3, 0.4) is 0 Å². The first-order valence-electron chi connectivity index (χ1n) is 16.4. The highest BCUT2D eigenvalue weighted by atomic mass is 15.1. The van der Waals surface area contributed by atoms with E-state index < -0.39 is 0 Å². The van der Waals surface area contributed by atoms with Crippen LogP contribution in [-0.2, 0) is 19.5 Å². The molecular weight excluding hydrogens is 424 g/mol. The van der Waals surface area contributed by atoms with Crippen molar-refractivity contribution in [2.45, 2.75) is 194 Å². The zero-order valence-corrected chi connectivity index (χ0v) is 24.6. The molecule has 1 aromatic rings. The van der Waals surface area contributed by atoms with E-state index >= 15 is 0 Å². The third kappa shape index (κ3) is 18.2. The molecule has 2 heteroatoms. The maximum atomic E-state index is 2.61. The van der Waals surface area contributed by atoms with Crippen molar-refractivity contribution in [3.63, 3.8) is 0 Å². The van der Waals surface area contributed by atoms with E-state index in [2.05, 4.69) is 42.3 Å². The van der Waals surface area contributed by atoms with Crippen LogP contribution in [0.4, 0.5) is 0 Å². The Morgan fingerprint density at radius 3 is 1.37 bits per heavy atom. The molecule has 0 spiro atoms. The SMILES string of the molecule is CCCCCCCCCCC[n+]1ccn(CCCCCCCCC)c1CCCCCCCCCC. The summed E-state index contributed by atoms with van der Waals surface area (Å²) in [5, 5.41) is 0. The van der Waals surface area contributed by atoms with Gasteiger partial charge in [-0.05, 0) is 32.1 Å². The molecule has 35 heavy (non-hydrogen) atoms. The number of hydrogen-bond donors (Lipinski definition) is 0. The monoisotopic (exact) mass is 490 g/mol. The van der Waals surface area contributed by atoms with Gasteiger partial charge in [0, 0.05) is 6.42 Å². The highest BCUT2D eigenvalue weighted by molar-refractivity contribution is 4.84. The molecule has 0 radical (unpaired) electrons. The largest absolute Gasteiger partial charge is 0.256 e. The number of aromatic nitrogens is 2. The van der Waals surface area contributed by atoms with Crippen molar-refractivity contribution in [3.05, 3.63) is 18.2 Å². The molecule has 0 fully saturated rings. The van der Waals surface area contributed by atoms with Crippen LogP contribution < -0.4 is 4.57 Å². The van der Waals surface area contributed by atoms with Crippen molar-refractivity contribution >= 4 is 0 Å². The van der Waals surface area contributed by atoms with Crippen LogP contribution in [0.15, 0.2) is 12.4 Å². The van der Waals surface area contributed by atoms with Crippen LogP contribution in [0.2, 0.25) is 0 Å². The summed E-state index contributed by atoms with van der Waals surface area (Å²) in [4.78, 5) is 0. The Labute approximate surface area is 221 Å². The van der Waals surface area contributed by atoms with Gasteiger partial charge in [-0.1, -0.05) is 143 Å². The summed E-state index contributed by atoms with van der Waals surface area (Å²) in [6.45, 7) is 9.38. The minimum absolute atomic E-state index is 1.23. The van der Waals surface area contributed by atoms with E-state index in [-0.39, 0.29) is 0 Å². The molecule has 0 aliphatic rings.